The van der Waals surface area contributed by atoms with Crippen molar-refractivity contribution < 1.29 is 4.74 Å². The van der Waals surface area contributed by atoms with Crippen LogP contribution >= 0.6 is 0 Å². The van der Waals surface area contributed by atoms with E-state index in [1.54, 1.807) is 0 Å². The third-order valence-corrected chi connectivity index (χ3v) is 4.65. The fraction of sp³-hybridized carbons (Fsp3) is 0.684. The minimum Gasteiger partial charge on any atom is -0.491 e. The van der Waals surface area contributed by atoms with Gasteiger partial charge in [0.1, 0.15) is 5.75 Å². The predicted octanol–water partition coefficient (Wildman–Crippen LogP) is 5.09. The first-order valence-corrected chi connectivity index (χ1v) is 8.48. The van der Waals surface area contributed by atoms with Crippen LogP contribution in [0.25, 0.3) is 0 Å². The number of benzene rings is 1. The summed E-state index contributed by atoms with van der Waals surface area (Å²) in [5.74, 6) is 0.959. The molecule has 1 aromatic carbocycles. The van der Waals surface area contributed by atoms with Gasteiger partial charge in [0.05, 0.1) is 6.10 Å². The van der Waals surface area contributed by atoms with Gasteiger partial charge in [0.25, 0.3) is 0 Å². The van der Waals surface area contributed by atoms with E-state index in [1.165, 1.54) is 37.7 Å². The molecule has 2 nitrogen and oxygen atoms in total. The lowest BCUT2D eigenvalue weighted by molar-refractivity contribution is 0.202. The van der Waals surface area contributed by atoms with E-state index in [9.17, 15) is 0 Å². The molecule has 0 bridgehead atoms. The Morgan fingerprint density at radius 3 is 2.24 bits per heavy atom. The second-order valence-corrected chi connectivity index (χ2v) is 7.21. The molecule has 1 unspecified atom stereocenters. The van der Waals surface area contributed by atoms with Crippen LogP contribution in [0.1, 0.15) is 71.4 Å². The van der Waals surface area contributed by atoms with Gasteiger partial charge in [-0.3, -0.25) is 0 Å². The first kappa shape index (κ1) is 16.4. The zero-order chi connectivity index (χ0) is 15.3. The molecule has 0 aromatic heterocycles. The van der Waals surface area contributed by atoms with Crippen molar-refractivity contribution in [2.24, 2.45) is 5.41 Å². The van der Waals surface area contributed by atoms with Gasteiger partial charge in [-0.2, -0.15) is 0 Å². The third kappa shape index (κ3) is 5.03. The Hall–Kier alpha value is -1.02. The van der Waals surface area contributed by atoms with Crippen molar-refractivity contribution >= 4 is 0 Å². The first-order valence-electron chi connectivity index (χ1n) is 8.48. The van der Waals surface area contributed by atoms with E-state index < -0.39 is 0 Å². The second-order valence-electron chi connectivity index (χ2n) is 7.21. The van der Waals surface area contributed by atoms with Crippen molar-refractivity contribution in [2.45, 2.75) is 71.9 Å². The monoisotopic (exact) mass is 289 g/mol. The Bertz CT molecular complexity index is 418. The summed E-state index contributed by atoms with van der Waals surface area (Å²) in [6.07, 6.45) is 7.18. The van der Waals surface area contributed by atoms with E-state index in [-0.39, 0.29) is 6.10 Å². The topological polar surface area (TPSA) is 21.3 Å². The summed E-state index contributed by atoms with van der Waals surface area (Å²) in [4.78, 5) is 0. The van der Waals surface area contributed by atoms with Gasteiger partial charge in [-0.25, -0.2) is 0 Å². The highest BCUT2D eigenvalue weighted by Crippen LogP contribution is 2.35. The minimum absolute atomic E-state index is 0.234. The van der Waals surface area contributed by atoms with E-state index in [4.69, 9.17) is 4.74 Å². The van der Waals surface area contributed by atoms with Crippen molar-refractivity contribution in [2.75, 3.05) is 6.54 Å². The highest BCUT2D eigenvalue weighted by molar-refractivity contribution is 5.29. The summed E-state index contributed by atoms with van der Waals surface area (Å²) < 4.78 is 5.70. The van der Waals surface area contributed by atoms with E-state index >= 15 is 0 Å². The smallest absolute Gasteiger partial charge is 0.119 e. The Morgan fingerprint density at radius 2 is 1.67 bits per heavy atom. The lowest BCUT2D eigenvalue weighted by Crippen LogP contribution is -2.34. The fourth-order valence-corrected chi connectivity index (χ4v) is 3.21. The first-order chi connectivity index (χ1) is 9.98. The van der Waals surface area contributed by atoms with Crippen LogP contribution in [-0.4, -0.2) is 12.6 Å². The Kier molecular flexibility index (Phi) is 5.69. The largest absolute Gasteiger partial charge is 0.491 e. The maximum atomic E-state index is 5.70. The van der Waals surface area contributed by atoms with Gasteiger partial charge in [0, 0.05) is 12.6 Å². The van der Waals surface area contributed by atoms with Gasteiger partial charge in [0.2, 0.25) is 0 Å². The van der Waals surface area contributed by atoms with Crippen LogP contribution in [0.15, 0.2) is 24.3 Å². The molecule has 0 aliphatic heterocycles. The average Bonchev–Trinajstić information content (AvgIpc) is 2.46. The van der Waals surface area contributed by atoms with Gasteiger partial charge in [-0.1, -0.05) is 38.3 Å². The molecule has 0 spiro atoms. The van der Waals surface area contributed by atoms with E-state index in [0.717, 1.165) is 12.3 Å². The number of nitrogens with one attached hydrogen (secondary N) is 1. The van der Waals surface area contributed by atoms with Crippen LogP contribution < -0.4 is 10.1 Å². The SMILES string of the molecule is CC(C)Oc1ccc(C(C)NCC2(C)CCCCC2)cc1. The summed E-state index contributed by atoms with van der Waals surface area (Å²) in [7, 11) is 0. The minimum atomic E-state index is 0.234. The van der Waals surface area contributed by atoms with Crippen LogP contribution in [0.5, 0.6) is 5.75 Å². The van der Waals surface area contributed by atoms with Crippen molar-refractivity contribution in [3.63, 3.8) is 0 Å². The lowest BCUT2D eigenvalue weighted by Gasteiger charge is -2.35. The second kappa shape index (κ2) is 7.31. The van der Waals surface area contributed by atoms with Crippen LogP contribution in [0, 0.1) is 5.41 Å². The molecule has 0 radical (unpaired) electrons. The van der Waals surface area contributed by atoms with Crippen LogP contribution in [0.2, 0.25) is 0 Å². The molecule has 0 saturated heterocycles. The molecule has 2 rings (SSSR count). The average molecular weight is 289 g/mol. The summed E-state index contributed by atoms with van der Waals surface area (Å²) in [5.41, 5.74) is 1.83. The van der Waals surface area contributed by atoms with Crippen LogP contribution in [0.4, 0.5) is 0 Å². The molecule has 0 heterocycles. The zero-order valence-corrected chi connectivity index (χ0v) is 14.1. The van der Waals surface area contributed by atoms with Gasteiger partial charge in [-0.05, 0) is 56.7 Å². The fourth-order valence-electron chi connectivity index (χ4n) is 3.21. The molecule has 0 amide bonds. The van der Waals surface area contributed by atoms with Gasteiger partial charge in [-0.15, -0.1) is 0 Å². The van der Waals surface area contributed by atoms with E-state index in [0.29, 0.717) is 11.5 Å². The van der Waals surface area contributed by atoms with Gasteiger partial charge < -0.3 is 10.1 Å². The number of hydrogen-bond donors (Lipinski definition) is 1. The maximum absolute atomic E-state index is 5.70. The Balaban J connectivity index is 1.86. The van der Waals surface area contributed by atoms with Crippen molar-refractivity contribution in [3.8, 4) is 5.75 Å². The molecule has 1 atom stereocenters. The Labute approximate surface area is 130 Å². The molecule has 1 aliphatic rings. The lowest BCUT2D eigenvalue weighted by atomic mass is 9.75. The summed E-state index contributed by atoms with van der Waals surface area (Å²) in [6, 6.07) is 8.92. The number of hydrogen-bond acceptors (Lipinski definition) is 2. The zero-order valence-electron chi connectivity index (χ0n) is 14.1. The number of rotatable bonds is 6. The molecule has 21 heavy (non-hydrogen) atoms. The van der Waals surface area contributed by atoms with Crippen molar-refractivity contribution in [3.05, 3.63) is 29.8 Å². The standard InChI is InChI=1S/C19H31NO/c1-15(2)21-18-10-8-17(9-11-18)16(3)20-14-19(4)12-6-5-7-13-19/h8-11,15-16,20H,5-7,12-14H2,1-4H3. The highest BCUT2D eigenvalue weighted by atomic mass is 16.5. The maximum Gasteiger partial charge on any atom is 0.119 e. The van der Waals surface area contributed by atoms with Crippen molar-refractivity contribution in [1.29, 1.82) is 0 Å². The van der Waals surface area contributed by atoms with Crippen LogP contribution in [-0.2, 0) is 0 Å². The number of ether oxygens (including phenoxy) is 1. The van der Waals surface area contributed by atoms with Crippen molar-refractivity contribution in [1.82, 2.24) is 5.32 Å². The van der Waals surface area contributed by atoms with Gasteiger partial charge >= 0.3 is 0 Å². The van der Waals surface area contributed by atoms with Crippen LogP contribution in [0.3, 0.4) is 0 Å². The molecule has 1 saturated carbocycles. The molecule has 2 heteroatoms. The van der Waals surface area contributed by atoms with Gasteiger partial charge in [0.15, 0.2) is 0 Å². The predicted molar refractivity (Wildman–Crippen MR) is 89.8 cm³/mol. The quantitative estimate of drug-likeness (QED) is 0.787. The summed E-state index contributed by atoms with van der Waals surface area (Å²) >= 11 is 0. The molecule has 1 aliphatic carbocycles. The molecular weight excluding hydrogens is 258 g/mol. The Morgan fingerprint density at radius 1 is 1.05 bits per heavy atom. The molecule has 1 aromatic rings. The third-order valence-electron chi connectivity index (χ3n) is 4.65. The molecular formula is C19H31NO. The summed E-state index contributed by atoms with van der Waals surface area (Å²) in [5, 5.41) is 3.73. The summed E-state index contributed by atoms with van der Waals surface area (Å²) in [6.45, 7) is 9.93. The molecule has 1 N–H and O–H groups in total. The molecule has 118 valence electrons. The highest BCUT2D eigenvalue weighted by Gasteiger charge is 2.26. The molecule has 1 fully saturated rings. The normalized spacial score (nSPS) is 19.5. The van der Waals surface area contributed by atoms with E-state index in [1.807, 2.05) is 0 Å². The van der Waals surface area contributed by atoms with E-state index in [2.05, 4.69) is 57.3 Å².